The molecular weight excluding hydrogens is 342 g/mol. The van der Waals surface area contributed by atoms with Crippen molar-refractivity contribution in [1.29, 1.82) is 0 Å². The van der Waals surface area contributed by atoms with Gasteiger partial charge in [-0.3, -0.25) is 9.20 Å². The number of carbonyl (C=O) groups is 1. The van der Waals surface area contributed by atoms with Crippen molar-refractivity contribution in [3.63, 3.8) is 0 Å². The van der Waals surface area contributed by atoms with Crippen molar-refractivity contribution in [2.75, 3.05) is 13.1 Å². The van der Waals surface area contributed by atoms with Crippen LogP contribution in [0.3, 0.4) is 0 Å². The average Bonchev–Trinajstić information content (AvgIpc) is 3.24. The second-order valence-corrected chi connectivity index (χ2v) is 8.13. The lowest BCUT2D eigenvalue weighted by Crippen LogP contribution is -2.38. The summed E-state index contributed by atoms with van der Waals surface area (Å²) >= 11 is 1.61. The Morgan fingerprint density at radius 3 is 2.65 bits per heavy atom. The highest BCUT2D eigenvalue weighted by Crippen LogP contribution is 2.25. The Labute approximate surface area is 158 Å². The molecule has 0 radical (unpaired) electrons. The smallest absolute Gasteiger partial charge is 0.228 e. The molecule has 4 rings (SSSR count). The van der Waals surface area contributed by atoms with E-state index in [1.54, 1.807) is 11.3 Å². The normalized spacial score (nSPS) is 15.7. The molecule has 1 saturated heterocycles. The number of benzene rings is 1. The van der Waals surface area contributed by atoms with Crippen molar-refractivity contribution in [2.45, 2.75) is 39.5 Å². The number of likely N-dealkylation sites (tertiary alicyclic amines) is 1. The minimum atomic E-state index is 0.235. The van der Waals surface area contributed by atoms with E-state index in [1.165, 1.54) is 5.56 Å². The molecule has 26 heavy (non-hydrogen) atoms. The maximum atomic E-state index is 12.7. The summed E-state index contributed by atoms with van der Waals surface area (Å²) in [5.74, 6) is 0.973. The lowest BCUT2D eigenvalue weighted by molar-refractivity contribution is -0.131. The van der Waals surface area contributed by atoms with Crippen LogP contribution in [-0.2, 0) is 17.6 Å². The topological polar surface area (TPSA) is 37.6 Å². The monoisotopic (exact) mass is 367 g/mol. The van der Waals surface area contributed by atoms with E-state index < -0.39 is 0 Å². The van der Waals surface area contributed by atoms with Crippen molar-refractivity contribution < 1.29 is 4.79 Å². The van der Waals surface area contributed by atoms with E-state index in [0.29, 0.717) is 6.42 Å². The van der Waals surface area contributed by atoms with Gasteiger partial charge in [-0.2, -0.15) is 0 Å². The third-order valence-corrected chi connectivity index (χ3v) is 6.30. The Morgan fingerprint density at radius 1 is 1.23 bits per heavy atom. The van der Waals surface area contributed by atoms with Crippen LogP contribution < -0.4 is 0 Å². The minimum Gasteiger partial charge on any atom is -0.342 e. The molecule has 4 nitrogen and oxygen atoms in total. The molecule has 0 bridgehead atoms. The fraction of sp³-hybridized carbons (Fsp3) is 0.429. The van der Waals surface area contributed by atoms with Gasteiger partial charge in [-0.15, -0.1) is 11.3 Å². The Morgan fingerprint density at radius 2 is 1.96 bits per heavy atom. The van der Waals surface area contributed by atoms with E-state index in [0.717, 1.165) is 60.2 Å². The van der Waals surface area contributed by atoms with Gasteiger partial charge in [0, 0.05) is 35.9 Å². The molecule has 1 aliphatic heterocycles. The number of amides is 1. The number of nitrogens with zero attached hydrogens (tertiary/aromatic N) is 3. The van der Waals surface area contributed by atoms with Gasteiger partial charge in [0.15, 0.2) is 4.96 Å². The second kappa shape index (κ2) is 7.23. The van der Waals surface area contributed by atoms with E-state index in [9.17, 15) is 4.79 Å². The Balaban J connectivity index is 1.53. The SMILES string of the molecule is CCc1ccc(-c2cn3c(CC(=O)N4CCC(C)CC4)csc3n2)cc1. The molecule has 0 aliphatic carbocycles. The van der Waals surface area contributed by atoms with Crippen molar-refractivity contribution >= 4 is 22.2 Å². The van der Waals surface area contributed by atoms with Crippen molar-refractivity contribution in [3.05, 3.63) is 47.1 Å². The molecule has 0 N–H and O–H groups in total. The molecule has 1 aliphatic rings. The predicted molar refractivity (Wildman–Crippen MR) is 107 cm³/mol. The van der Waals surface area contributed by atoms with Crippen LogP contribution in [-0.4, -0.2) is 33.3 Å². The Kier molecular flexibility index (Phi) is 4.81. The van der Waals surface area contributed by atoms with Crippen LogP contribution in [0.4, 0.5) is 0 Å². The molecule has 0 saturated carbocycles. The molecule has 3 aromatic rings. The third kappa shape index (κ3) is 3.40. The first-order chi connectivity index (χ1) is 12.6. The Hall–Kier alpha value is -2.14. The minimum absolute atomic E-state index is 0.235. The molecule has 0 atom stereocenters. The van der Waals surface area contributed by atoms with E-state index in [4.69, 9.17) is 4.98 Å². The van der Waals surface area contributed by atoms with Crippen LogP contribution in [0.5, 0.6) is 0 Å². The Bertz CT molecular complexity index is 901. The molecule has 136 valence electrons. The van der Waals surface area contributed by atoms with Gasteiger partial charge in [0.05, 0.1) is 12.1 Å². The maximum Gasteiger partial charge on any atom is 0.228 e. The summed E-state index contributed by atoms with van der Waals surface area (Å²) in [6.07, 6.45) is 5.80. The molecular formula is C21H25N3OS. The van der Waals surface area contributed by atoms with E-state index >= 15 is 0 Å². The number of imidazole rings is 1. The van der Waals surface area contributed by atoms with Gasteiger partial charge in [-0.25, -0.2) is 4.98 Å². The van der Waals surface area contributed by atoms with Crippen molar-refractivity contribution in [1.82, 2.24) is 14.3 Å². The molecule has 0 spiro atoms. The first-order valence-corrected chi connectivity index (χ1v) is 10.3. The quantitative estimate of drug-likeness (QED) is 0.684. The number of fused-ring (bicyclic) bond motifs is 1. The number of piperidine rings is 1. The predicted octanol–water partition coefficient (Wildman–Crippen LogP) is 4.43. The zero-order chi connectivity index (χ0) is 18.1. The van der Waals surface area contributed by atoms with Gasteiger partial charge in [-0.05, 0) is 30.7 Å². The summed E-state index contributed by atoms with van der Waals surface area (Å²) in [6, 6.07) is 8.57. The van der Waals surface area contributed by atoms with Crippen LogP contribution in [0.2, 0.25) is 0 Å². The molecule has 5 heteroatoms. The number of aromatic nitrogens is 2. The fourth-order valence-corrected chi connectivity index (χ4v) is 4.40. The van der Waals surface area contributed by atoms with Gasteiger partial charge in [0.2, 0.25) is 5.91 Å². The number of rotatable bonds is 4. The number of thiazole rings is 1. The molecule has 1 amide bonds. The van der Waals surface area contributed by atoms with Crippen molar-refractivity contribution in [3.8, 4) is 11.3 Å². The van der Waals surface area contributed by atoms with Crippen LogP contribution in [0, 0.1) is 5.92 Å². The zero-order valence-electron chi connectivity index (χ0n) is 15.4. The van der Waals surface area contributed by atoms with Gasteiger partial charge < -0.3 is 4.90 Å². The van der Waals surface area contributed by atoms with Crippen LogP contribution in [0.25, 0.3) is 16.2 Å². The van der Waals surface area contributed by atoms with Crippen LogP contribution in [0.15, 0.2) is 35.8 Å². The third-order valence-electron chi connectivity index (χ3n) is 5.41. The molecule has 1 aromatic carbocycles. The zero-order valence-corrected chi connectivity index (χ0v) is 16.3. The summed E-state index contributed by atoms with van der Waals surface area (Å²) in [6.45, 7) is 6.22. The fourth-order valence-electron chi connectivity index (χ4n) is 3.53. The molecule has 1 fully saturated rings. The van der Waals surface area contributed by atoms with Gasteiger partial charge in [-0.1, -0.05) is 38.1 Å². The summed E-state index contributed by atoms with van der Waals surface area (Å²) in [7, 11) is 0. The summed E-state index contributed by atoms with van der Waals surface area (Å²) in [5.41, 5.74) is 4.47. The number of hydrogen-bond acceptors (Lipinski definition) is 3. The van der Waals surface area contributed by atoms with Gasteiger partial charge in [0.1, 0.15) is 0 Å². The highest BCUT2D eigenvalue weighted by Gasteiger charge is 2.21. The molecule has 0 unspecified atom stereocenters. The molecule has 2 aromatic heterocycles. The largest absolute Gasteiger partial charge is 0.342 e. The average molecular weight is 368 g/mol. The second-order valence-electron chi connectivity index (χ2n) is 7.30. The van der Waals surface area contributed by atoms with E-state index in [-0.39, 0.29) is 5.91 Å². The first kappa shape index (κ1) is 17.3. The highest BCUT2D eigenvalue weighted by molar-refractivity contribution is 7.15. The maximum absolute atomic E-state index is 12.7. The van der Waals surface area contributed by atoms with Gasteiger partial charge >= 0.3 is 0 Å². The highest BCUT2D eigenvalue weighted by atomic mass is 32.1. The number of hydrogen-bond donors (Lipinski definition) is 0. The summed E-state index contributed by atoms with van der Waals surface area (Å²) < 4.78 is 2.08. The number of carbonyl (C=O) groups excluding carboxylic acids is 1. The van der Waals surface area contributed by atoms with Crippen LogP contribution >= 0.6 is 11.3 Å². The van der Waals surface area contributed by atoms with E-state index in [1.807, 2.05) is 4.90 Å². The van der Waals surface area contributed by atoms with Crippen molar-refractivity contribution in [2.24, 2.45) is 5.92 Å². The van der Waals surface area contributed by atoms with Gasteiger partial charge in [0.25, 0.3) is 0 Å². The lowest BCUT2D eigenvalue weighted by atomic mass is 9.99. The lowest BCUT2D eigenvalue weighted by Gasteiger charge is -2.30. The standard InChI is InChI=1S/C21H25N3OS/c1-3-16-4-6-17(7-5-16)19-13-24-18(14-26-21(24)22-19)12-20(25)23-10-8-15(2)9-11-23/h4-7,13-15H,3,8-12H2,1-2H3. The molecule has 3 heterocycles. The van der Waals surface area contributed by atoms with E-state index in [2.05, 4.69) is 54.1 Å². The first-order valence-electron chi connectivity index (χ1n) is 9.46. The summed E-state index contributed by atoms with van der Waals surface area (Å²) in [5, 5.41) is 2.07. The summed E-state index contributed by atoms with van der Waals surface area (Å²) in [4.78, 5) is 20.4. The number of aryl methyl sites for hydroxylation is 1. The van der Waals surface area contributed by atoms with Crippen LogP contribution in [0.1, 0.15) is 37.9 Å².